The van der Waals surface area contributed by atoms with E-state index in [9.17, 15) is 0 Å². The molecule has 0 radical (unpaired) electrons. The van der Waals surface area contributed by atoms with E-state index in [1.807, 2.05) is 13.0 Å². The maximum Gasteiger partial charge on any atom is 0.0988 e. The fourth-order valence-electron chi connectivity index (χ4n) is 0.491. The molecule has 2 heteroatoms. The Labute approximate surface area is 56.5 Å². The van der Waals surface area contributed by atoms with Gasteiger partial charge in [-0.3, -0.25) is 0 Å². The summed E-state index contributed by atoms with van der Waals surface area (Å²) in [6, 6.07) is 0. The molecule has 0 unspecified atom stereocenters. The lowest BCUT2D eigenvalue weighted by atomic mass is 10.3. The van der Waals surface area contributed by atoms with E-state index in [0.29, 0.717) is 0 Å². The molecule has 2 N–H and O–H groups in total. The first-order chi connectivity index (χ1) is 4.31. The molecule has 0 saturated carbocycles. The predicted octanol–water partition coefficient (Wildman–Crippen LogP) is 1.68. The average Bonchev–Trinajstić information content (AvgIpc) is 1.85. The smallest absolute Gasteiger partial charge is 0.0988 e. The molecule has 0 aromatic rings. The molecule has 0 bridgehead atoms. The lowest BCUT2D eigenvalue weighted by Gasteiger charge is -1.91. The summed E-state index contributed by atoms with van der Waals surface area (Å²) in [5, 5.41) is 0. The van der Waals surface area contributed by atoms with Crippen LogP contribution in [0.4, 0.5) is 0 Å². The van der Waals surface area contributed by atoms with Gasteiger partial charge >= 0.3 is 0 Å². The average molecular weight is 126 g/mol. The third-order valence-corrected chi connectivity index (χ3v) is 0.896. The molecule has 0 fully saturated rings. The first-order valence-electron chi connectivity index (χ1n) is 3.24. The highest BCUT2D eigenvalue weighted by Crippen LogP contribution is 1.86. The summed E-state index contributed by atoms with van der Waals surface area (Å²) in [6.07, 6.45) is 5.53. The van der Waals surface area contributed by atoms with E-state index in [-0.39, 0.29) is 0 Å². The highest BCUT2D eigenvalue weighted by atomic mass is 14.8. The van der Waals surface area contributed by atoms with Crippen molar-refractivity contribution in [3.8, 4) is 0 Å². The van der Waals surface area contributed by atoms with Crippen molar-refractivity contribution in [3.05, 3.63) is 12.3 Å². The molecule has 2 nitrogen and oxygen atoms in total. The molecule has 0 aliphatic heterocycles. The molecule has 0 saturated heterocycles. The maximum atomic E-state index is 5.47. The van der Waals surface area contributed by atoms with Crippen molar-refractivity contribution >= 4 is 5.84 Å². The number of nitrogens with two attached hydrogens (primary N) is 1. The Bertz CT molecular complexity index is 114. The SMILES string of the molecule is C/C=C\N=C(N)CCC. The van der Waals surface area contributed by atoms with Crippen LogP contribution in [0.5, 0.6) is 0 Å². The third-order valence-electron chi connectivity index (χ3n) is 0.896. The molecule has 0 aromatic heterocycles. The molecule has 0 aromatic carbocycles. The molecule has 0 aliphatic rings. The normalized spacial score (nSPS) is 12.9. The summed E-state index contributed by atoms with van der Waals surface area (Å²) in [4.78, 5) is 3.95. The zero-order valence-electron chi connectivity index (χ0n) is 6.09. The first kappa shape index (κ1) is 8.21. The molecule has 0 heterocycles. The van der Waals surface area contributed by atoms with Crippen molar-refractivity contribution in [3.63, 3.8) is 0 Å². The Balaban J connectivity index is 3.55. The van der Waals surface area contributed by atoms with Crippen LogP contribution >= 0.6 is 0 Å². The predicted molar refractivity (Wildman–Crippen MR) is 41.3 cm³/mol. The topological polar surface area (TPSA) is 38.4 Å². The minimum absolute atomic E-state index is 0.718. The summed E-state index contributed by atoms with van der Waals surface area (Å²) >= 11 is 0. The molecular formula is C7H14N2. The Hall–Kier alpha value is -0.790. The molecule has 52 valence electrons. The van der Waals surface area contributed by atoms with Crippen LogP contribution in [0.15, 0.2) is 17.3 Å². The van der Waals surface area contributed by atoms with Gasteiger partial charge in [0.2, 0.25) is 0 Å². The number of allylic oxidation sites excluding steroid dienone is 1. The Kier molecular flexibility index (Phi) is 4.88. The Morgan fingerprint density at radius 2 is 2.33 bits per heavy atom. The summed E-state index contributed by atoms with van der Waals surface area (Å²) in [7, 11) is 0. The van der Waals surface area contributed by atoms with Gasteiger partial charge in [-0.05, 0) is 13.3 Å². The molecular weight excluding hydrogens is 112 g/mol. The van der Waals surface area contributed by atoms with Crippen LogP contribution in [-0.4, -0.2) is 5.84 Å². The van der Waals surface area contributed by atoms with Crippen LogP contribution in [0.2, 0.25) is 0 Å². The lowest BCUT2D eigenvalue weighted by molar-refractivity contribution is 0.982. The van der Waals surface area contributed by atoms with Crippen LogP contribution in [0.3, 0.4) is 0 Å². The molecule has 0 spiro atoms. The summed E-state index contributed by atoms with van der Waals surface area (Å²) in [6.45, 7) is 4.00. The van der Waals surface area contributed by atoms with E-state index in [1.54, 1.807) is 6.20 Å². The van der Waals surface area contributed by atoms with Crippen molar-refractivity contribution in [1.82, 2.24) is 0 Å². The minimum Gasteiger partial charge on any atom is -0.387 e. The van der Waals surface area contributed by atoms with Crippen LogP contribution in [0.25, 0.3) is 0 Å². The van der Waals surface area contributed by atoms with Crippen molar-refractivity contribution in [2.45, 2.75) is 26.7 Å². The summed E-state index contributed by atoms with van der Waals surface area (Å²) < 4.78 is 0. The van der Waals surface area contributed by atoms with E-state index in [1.165, 1.54) is 0 Å². The second kappa shape index (κ2) is 5.35. The van der Waals surface area contributed by atoms with E-state index in [2.05, 4.69) is 11.9 Å². The lowest BCUT2D eigenvalue weighted by Crippen LogP contribution is -2.09. The number of hydrogen-bond donors (Lipinski definition) is 1. The van der Waals surface area contributed by atoms with Gasteiger partial charge in [0.25, 0.3) is 0 Å². The highest BCUT2D eigenvalue weighted by molar-refractivity contribution is 5.80. The van der Waals surface area contributed by atoms with Crippen LogP contribution in [0, 0.1) is 0 Å². The summed E-state index contributed by atoms with van der Waals surface area (Å²) in [5.74, 6) is 0.718. The number of amidine groups is 1. The highest BCUT2D eigenvalue weighted by Gasteiger charge is 1.83. The van der Waals surface area contributed by atoms with Gasteiger partial charge in [-0.1, -0.05) is 13.0 Å². The van der Waals surface area contributed by atoms with Gasteiger partial charge in [0.1, 0.15) is 0 Å². The molecule has 0 atom stereocenters. The number of hydrogen-bond acceptors (Lipinski definition) is 1. The summed E-state index contributed by atoms with van der Waals surface area (Å²) in [5.41, 5.74) is 5.47. The van der Waals surface area contributed by atoms with E-state index >= 15 is 0 Å². The van der Waals surface area contributed by atoms with Gasteiger partial charge in [-0.15, -0.1) is 0 Å². The number of nitrogens with zero attached hydrogens (tertiary/aromatic N) is 1. The second-order valence-electron chi connectivity index (χ2n) is 1.85. The monoisotopic (exact) mass is 126 g/mol. The van der Waals surface area contributed by atoms with E-state index in [0.717, 1.165) is 18.7 Å². The standard InChI is InChI=1S/C7H14N2/c1-3-5-7(8)9-6-4-2/h4,6H,3,5H2,1-2H3,(H2,8,9)/b6-4-. The van der Waals surface area contributed by atoms with Gasteiger partial charge in [0.05, 0.1) is 5.84 Å². The molecule has 9 heavy (non-hydrogen) atoms. The number of rotatable bonds is 3. The van der Waals surface area contributed by atoms with Gasteiger partial charge in [-0.2, -0.15) is 0 Å². The zero-order valence-corrected chi connectivity index (χ0v) is 6.09. The third kappa shape index (κ3) is 5.07. The van der Waals surface area contributed by atoms with Crippen molar-refractivity contribution in [2.24, 2.45) is 10.7 Å². The zero-order chi connectivity index (χ0) is 7.11. The van der Waals surface area contributed by atoms with Crippen LogP contribution in [-0.2, 0) is 0 Å². The first-order valence-corrected chi connectivity index (χ1v) is 3.24. The maximum absolute atomic E-state index is 5.47. The van der Waals surface area contributed by atoms with Crippen LogP contribution < -0.4 is 5.73 Å². The van der Waals surface area contributed by atoms with E-state index in [4.69, 9.17) is 5.73 Å². The molecule has 0 aliphatic carbocycles. The quantitative estimate of drug-likeness (QED) is 0.453. The van der Waals surface area contributed by atoms with E-state index < -0.39 is 0 Å². The molecule has 0 amide bonds. The second-order valence-corrected chi connectivity index (χ2v) is 1.85. The minimum atomic E-state index is 0.718. The van der Waals surface area contributed by atoms with Crippen molar-refractivity contribution in [2.75, 3.05) is 0 Å². The van der Waals surface area contributed by atoms with Crippen LogP contribution in [0.1, 0.15) is 26.7 Å². The fraction of sp³-hybridized carbons (Fsp3) is 0.571. The number of aliphatic imine (C=N–C) groups is 1. The Morgan fingerprint density at radius 3 is 2.78 bits per heavy atom. The van der Waals surface area contributed by atoms with Gasteiger partial charge < -0.3 is 5.73 Å². The van der Waals surface area contributed by atoms with Crippen molar-refractivity contribution < 1.29 is 0 Å². The van der Waals surface area contributed by atoms with Gasteiger partial charge in [0, 0.05) is 12.6 Å². The fourth-order valence-corrected chi connectivity index (χ4v) is 0.491. The van der Waals surface area contributed by atoms with Crippen molar-refractivity contribution in [1.29, 1.82) is 0 Å². The largest absolute Gasteiger partial charge is 0.387 e. The Morgan fingerprint density at radius 1 is 1.67 bits per heavy atom. The molecule has 0 rings (SSSR count). The van der Waals surface area contributed by atoms with Gasteiger partial charge in [-0.25, -0.2) is 4.99 Å². The van der Waals surface area contributed by atoms with Gasteiger partial charge in [0.15, 0.2) is 0 Å².